The Labute approximate surface area is 118 Å². The Bertz CT molecular complexity index is 554. The molecule has 0 amide bonds. The van der Waals surface area contributed by atoms with Crippen molar-refractivity contribution in [2.45, 2.75) is 25.5 Å². The molecule has 20 heavy (non-hydrogen) atoms. The van der Waals surface area contributed by atoms with E-state index in [2.05, 4.69) is 22.6 Å². The number of hydrogen-bond donors (Lipinski definition) is 1. The van der Waals surface area contributed by atoms with Crippen LogP contribution in [0.5, 0.6) is 0 Å². The standard InChI is InChI=1S/C15H20N4O/c1-11-13(8-9-20-11)15(16-2)14-10-17-18-19(14)12-6-4-3-5-7-12/h3-7,10-11,13,15-16H,8-9H2,1-2H3. The molecule has 1 saturated heterocycles. The van der Waals surface area contributed by atoms with Gasteiger partial charge in [-0.15, -0.1) is 5.10 Å². The molecule has 1 fully saturated rings. The number of nitrogens with zero attached hydrogens (tertiary/aromatic N) is 3. The molecule has 2 aromatic rings. The molecule has 0 spiro atoms. The highest BCUT2D eigenvalue weighted by molar-refractivity contribution is 5.32. The molecule has 1 N–H and O–H groups in total. The van der Waals surface area contributed by atoms with Gasteiger partial charge in [0.2, 0.25) is 0 Å². The topological polar surface area (TPSA) is 52.0 Å². The highest BCUT2D eigenvalue weighted by atomic mass is 16.5. The Morgan fingerprint density at radius 3 is 2.80 bits per heavy atom. The van der Waals surface area contributed by atoms with Crippen LogP contribution in [0.2, 0.25) is 0 Å². The molecule has 0 radical (unpaired) electrons. The summed E-state index contributed by atoms with van der Waals surface area (Å²) in [5.41, 5.74) is 2.12. The molecule has 0 aliphatic carbocycles. The van der Waals surface area contributed by atoms with E-state index in [0.717, 1.165) is 24.4 Å². The van der Waals surface area contributed by atoms with Crippen molar-refractivity contribution in [2.24, 2.45) is 5.92 Å². The maximum atomic E-state index is 5.70. The van der Waals surface area contributed by atoms with E-state index in [-0.39, 0.29) is 12.1 Å². The third-order valence-corrected chi connectivity index (χ3v) is 4.07. The van der Waals surface area contributed by atoms with Crippen LogP contribution in [-0.2, 0) is 4.74 Å². The molecule has 0 bridgehead atoms. The summed E-state index contributed by atoms with van der Waals surface area (Å²) in [5, 5.41) is 11.7. The van der Waals surface area contributed by atoms with Gasteiger partial charge >= 0.3 is 0 Å². The van der Waals surface area contributed by atoms with Gasteiger partial charge in [-0.25, -0.2) is 4.68 Å². The molecule has 5 nitrogen and oxygen atoms in total. The average molecular weight is 272 g/mol. The zero-order valence-corrected chi connectivity index (χ0v) is 11.9. The Morgan fingerprint density at radius 1 is 1.35 bits per heavy atom. The summed E-state index contributed by atoms with van der Waals surface area (Å²) < 4.78 is 7.61. The zero-order valence-electron chi connectivity index (χ0n) is 11.9. The number of hydrogen-bond acceptors (Lipinski definition) is 4. The highest BCUT2D eigenvalue weighted by Crippen LogP contribution is 2.33. The van der Waals surface area contributed by atoms with Gasteiger partial charge in [-0.3, -0.25) is 0 Å². The van der Waals surface area contributed by atoms with Gasteiger partial charge in [-0.2, -0.15) is 0 Å². The summed E-state index contributed by atoms with van der Waals surface area (Å²) in [7, 11) is 1.98. The minimum absolute atomic E-state index is 0.197. The molecule has 1 aliphatic rings. The number of rotatable bonds is 4. The van der Waals surface area contributed by atoms with E-state index in [1.54, 1.807) is 0 Å². The zero-order chi connectivity index (χ0) is 13.9. The highest BCUT2D eigenvalue weighted by Gasteiger charge is 2.34. The molecule has 1 aromatic heterocycles. The van der Waals surface area contributed by atoms with Gasteiger partial charge in [0, 0.05) is 12.5 Å². The predicted octanol–water partition coefficient (Wildman–Crippen LogP) is 1.95. The normalized spacial score (nSPS) is 23.9. The third-order valence-electron chi connectivity index (χ3n) is 4.07. The molecular formula is C15H20N4O. The SMILES string of the molecule is CNC(c1cnnn1-c1ccccc1)C1CCOC1C. The molecule has 5 heteroatoms. The molecular weight excluding hydrogens is 252 g/mol. The second-order valence-corrected chi connectivity index (χ2v) is 5.20. The van der Waals surface area contributed by atoms with Crippen molar-refractivity contribution in [3.63, 3.8) is 0 Å². The number of nitrogens with one attached hydrogen (secondary N) is 1. The van der Waals surface area contributed by atoms with Gasteiger partial charge in [-0.1, -0.05) is 23.4 Å². The lowest BCUT2D eigenvalue weighted by molar-refractivity contribution is 0.0955. The number of para-hydroxylation sites is 1. The van der Waals surface area contributed by atoms with E-state index < -0.39 is 0 Å². The molecule has 3 unspecified atom stereocenters. The largest absolute Gasteiger partial charge is 0.378 e. The van der Waals surface area contributed by atoms with Crippen LogP contribution in [0.4, 0.5) is 0 Å². The first-order valence-electron chi connectivity index (χ1n) is 7.06. The maximum absolute atomic E-state index is 5.70. The van der Waals surface area contributed by atoms with E-state index in [1.807, 2.05) is 48.3 Å². The van der Waals surface area contributed by atoms with E-state index >= 15 is 0 Å². The van der Waals surface area contributed by atoms with E-state index in [0.29, 0.717) is 5.92 Å². The van der Waals surface area contributed by atoms with Gasteiger partial charge in [-0.05, 0) is 32.5 Å². The molecule has 0 saturated carbocycles. The maximum Gasteiger partial charge on any atom is 0.0818 e. The molecule has 3 rings (SSSR count). The van der Waals surface area contributed by atoms with Crippen molar-refractivity contribution < 1.29 is 4.74 Å². The Balaban J connectivity index is 1.95. The third kappa shape index (κ3) is 2.34. The first kappa shape index (κ1) is 13.3. The van der Waals surface area contributed by atoms with E-state index in [9.17, 15) is 0 Å². The lowest BCUT2D eigenvalue weighted by Crippen LogP contribution is -2.31. The second kappa shape index (κ2) is 5.73. The summed E-state index contributed by atoms with van der Waals surface area (Å²) in [5.74, 6) is 0.445. The lowest BCUT2D eigenvalue weighted by Gasteiger charge is -2.25. The fourth-order valence-corrected chi connectivity index (χ4v) is 2.99. The summed E-state index contributed by atoms with van der Waals surface area (Å²) >= 11 is 0. The monoisotopic (exact) mass is 272 g/mol. The number of ether oxygens (including phenoxy) is 1. The summed E-state index contributed by atoms with van der Waals surface area (Å²) in [6.45, 7) is 2.97. The Morgan fingerprint density at radius 2 is 2.15 bits per heavy atom. The van der Waals surface area contributed by atoms with Crippen LogP contribution in [0.3, 0.4) is 0 Å². The van der Waals surface area contributed by atoms with E-state index in [4.69, 9.17) is 4.74 Å². The number of aromatic nitrogens is 3. The van der Waals surface area contributed by atoms with Gasteiger partial charge in [0.15, 0.2) is 0 Å². The Hall–Kier alpha value is -1.72. The molecule has 1 aliphatic heterocycles. The number of benzene rings is 1. The fraction of sp³-hybridized carbons (Fsp3) is 0.467. The average Bonchev–Trinajstić information content (AvgIpc) is 3.11. The van der Waals surface area contributed by atoms with Gasteiger partial charge in [0.25, 0.3) is 0 Å². The van der Waals surface area contributed by atoms with Gasteiger partial charge in [0.1, 0.15) is 0 Å². The molecule has 3 atom stereocenters. The van der Waals surface area contributed by atoms with Gasteiger partial charge < -0.3 is 10.1 Å². The van der Waals surface area contributed by atoms with Crippen molar-refractivity contribution in [3.8, 4) is 5.69 Å². The van der Waals surface area contributed by atoms with Crippen molar-refractivity contribution in [2.75, 3.05) is 13.7 Å². The van der Waals surface area contributed by atoms with Crippen molar-refractivity contribution in [1.82, 2.24) is 20.3 Å². The first-order chi connectivity index (χ1) is 9.81. The van der Waals surface area contributed by atoms with Crippen LogP contribution < -0.4 is 5.32 Å². The summed E-state index contributed by atoms with van der Waals surface area (Å²) in [6, 6.07) is 10.3. The van der Waals surface area contributed by atoms with Crippen molar-refractivity contribution in [3.05, 3.63) is 42.2 Å². The quantitative estimate of drug-likeness (QED) is 0.924. The minimum Gasteiger partial charge on any atom is -0.378 e. The molecule has 2 heterocycles. The van der Waals surface area contributed by atoms with Crippen molar-refractivity contribution >= 4 is 0 Å². The van der Waals surface area contributed by atoms with Crippen LogP contribution in [-0.4, -0.2) is 34.8 Å². The summed E-state index contributed by atoms with van der Waals surface area (Å²) in [4.78, 5) is 0. The van der Waals surface area contributed by atoms with E-state index in [1.165, 1.54) is 0 Å². The lowest BCUT2D eigenvalue weighted by atomic mass is 9.91. The van der Waals surface area contributed by atoms with Gasteiger partial charge in [0.05, 0.1) is 29.7 Å². The first-order valence-corrected chi connectivity index (χ1v) is 7.06. The smallest absolute Gasteiger partial charge is 0.0818 e. The minimum atomic E-state index is 0.197. The van der Waals surface area contributed by atoms with Crippen LogP contribution in [0.15, 0.2) is 36.5 Å². The van der Waals surface area contributed by atoms with Crippen LogP contribution in [0.25, 0.3) is 5.69 Å². The van der Waals surface area contributed by atoms with Crippen molar-refractivity contribution in [1.29, 1.82) is 0 Å². The summed E-state index contributed by atoms with van der Waals surface area (Å²) in [6.07, 6.45) is 3.16. The van der Waals surface area contributed by atoms with Crippen LogP contribution in [0, 0.1) is 5.92 Å². The second-order valence-electron chi connectivity index (χ2n) is 5.20. The molecule has 106 valence electrons. The predicted molar refractivity (Wildman–Crippen MR) is 76.7 cm³/mol. The molecule has 1 aromatic carbocycles. The fourth-order valence-electron chi connectivity index (χ4n) is 2.99. The van der Waals surface area contributed by atoms with Crippen LogP contribution in [0.1, 0.15) is 25.1 Å². The van der Waals surface area contributed by atoms with Crippen LogP contribution >= 0.6 is 0 Å². The Kier molecular flexibility index (Phi) is 3.80.